The van der Waals surface area contributed by atoms with E-state index in [-0.39, 0.29) is 44.7 Å². The SMILES string of the molecule is O=Cc1[c]cccc1.[Br-].[Hg+]. The third-order valence-corrected chi connectivity index (χ3v) is 0.860. The third-order valence-electron chi connectivity index (χ3n) is 0.860. The summed E-state index contributed by atoms with van der Waals surface area (Å²) >= 11 is 0. The van der Waals surface area contributed by atoms with E-state index in [1.165, 1.54) is 0 Å². The molecule has 1 nitrogen and oxygen atoms in total. The summed E-state index contributed by atoms with van der Waals surface area (Å²) in [5.74, 6) is 0. The van der Waals surface area contributed by atoms with Gasteiger partial charge in [0.05, 0.1) is 0 Å². The van der Waals surface area contributed by atoms with E-state index >= 15 is 0 Å². The predicted octanol–water partition coefficient (Wildman–Crippen LogP) is -1.70. The Balaban J connectivity index is 0. The Labute approximate surface area is 91.1 Å². The maximum atomic E-state index is 9.98. The average Bonchev–Trinajstić information content (AvgIpc) is 1.90. The van der Waals surface area contributed by atoms with Gasteiger partial charge in [0.2, 0.25) is 0 Å². The van der Waals surface area contributed by atoms with Crippen molar-refractivity contribution < 1.29 is 49.4 Å². The van der Waals surface area contributed by atoms with E-state index in [9.17, 15) is 4.79 Å². The van der Waals surface area contributed by atoms with Crippen molar-refractivity contribution in [1.82, 2.24) is 0 Å². The summed E-state index contributed by atoms with van der Waals surface area (Å²) in [6.45, 7) is 0. The molecule has 48 valence electrons. The zero-order valence-electron chi connectivity index (χ0n) is 5.38. The van der Waals surface area contributed by atoms with Gasteiger partial charge in [-0.25, -0.2) is 0 Å². The Bertz CT molecular complexity index is 176. The summed E-state index contributed by atoms with van der Waals surface area (Å²) in [7, 11) is 0. The summed E-state index contributed by atoms with van der Waals surface area (Å²) in [6, 6.07) is 9.81. The van der Waals surface area contributed by atoms with Crippen molar-refractivity contribution in [3.63, 3.8) is 0 Å². The molecule has 1 aromatic carbocycles. The molecule has 0 aliphatic carbocycles. The number of hydrogen-bond donors (Lipinski definition) is 0. The minimum Gasteiger partial charge on any atom is -1.00 e. The van der Waals surface area contributed by atoms with Crippen LogP contribution in [0.3, 0.4) is 0 Å². The van der Waals surface area contributed by atoms with Crippen molar-refractivity contribution in [1.29, 1.82) is 0 Å². The van der Waals surface area contributed by atoms with Gasteiger partial charge in [0, 0.05) is 5.56 Å². The largest absolute Gasteiger partial charge is 1.00 e. The molecule has 0 aliphatic rings. The van der Waals surface area contributed by atoms with Crippen LogP contribution >= 0.6 is 0 Å². The zero-order chi connectivity index (χ0) is 5.82. The van der Waals surface area contributed by atoms with Crippen LogP contribution in [0.4, 0.5) is 0 Å². The Morgan fingerprint density at radius 3 is 2.40 bits per heavy atom. The number of rotatable bonds is 1. The van der Waals surface area contributed by atoms with Crippen LogP contribution in [0.5, 0.6) is 0 Å². The molecular weight excluding hydrogens is 381 g/mol. The third kappa shape index (κ3) is 4.17. The first-order valence-corrected chi connectivity index (χ1v) is 2.35. The van der Waals surface area contributed by atoms with E-state index in [0.29, 0.717) is 5.56 Å². The van der Waals surface area contributed by atoms with Gasteiger partial charge in [0.15, 0.2) is 6.29 Å². The number of halogens is 1. The molecular formula is C7H5BrHgO. The van der Waals surface area contributed by atoms with E-state index in [1.807, 2.05) is 6.07 Å². The molecule has 0 saturated heterocycles. The molecule has 0 heterocycles. The van der Waals surface area contributed by atoms with Crippen LogP contribution < -0.4 is 17.0 Å². The molecule has 0 unspecified atom stereocenters. The van der Waals surface area contributed by atoms with Gasteiger partial charge in [-0.05, 0) is 6.07 Å². The maximum absolute atomic E-state index is 9.98. The van der Waals surface area contributed by atoms with Crippen molar-refractivity contribution in [2.75, 3.05) is 0 Å². The quantitative estimate of drug-likeness (QED) is 0.416. The number of aldehydes is 1. The fourth-order valence-corrected chi connectivity index (χ4v) is 0.481. The summed E-state index contributed by atoms with van der Waals surface area (Å²) in [5, 5.41) is 0. The van der Waals surface area contributed by atoms with Crippen LogP contribution in [0.25, 0.3) is 0 Å². The molecule has 3 heteroatoms. The van der Waals surface area contributed by atoms with Crippen molar-refractivity contribution in [3.8, 4) is 0 Å². The van der Waals surface area contributed by atoms with Crippen LogP contribution in [0.15, 0.2) is 24.3 Å². The minimum atomic E-state index is 0. The molecule has 0 aliphatic heterocycles. The van der Waals surface area contributed by atoms with Crippen molar-refractivity contribution in [3.05, 3.63) is 35.9 Å². The molecule has 0 N–H and O–H groups in total. The Hall–Kier alpha value is 0.305. The van der Waals surface area contributed by atoms with E-state index in [1.54, 1.807) is 18.2 Å². The van der Waals surface area contributed by atoms with E-state index in [4.69, 9.17) is 0 Å². The van der Waals surface area contributed by atoms with Crippen LogP contribution in [0.1, 0.15) is 10.4 Å². The van der Waals surface area contributed by atoms with Gasteiger partial charge >= 0.3 is 27.7 Å². The molecule has 0 spiro atoms. The van der Waals surface area contributed by atoms with Crippen molar-refractivity contribution >= 4 is 6.29 Å². The molecule has 0 bridgehead atoms. The molecule has 1 aromatic rings. The first-order chi connectivity index (χ1) is 3.93. The number of hydrogen-bond acceptors (Lipinski definition) is 1. The molecule has 0 aromatic heterocycles. The van der Waals surface area contributed by atoms with Gasteiger partial charge in [-0.15, -0.1) is 0 Å². The molecule has 0 fully saturated rings. The maximum Gasteiger partial charge on any atom is 1.00 e. The van der Waals surface area contributed by atoms with Crippen LogP contribution in [0.2, 0.25) is 0 Å². The second kappa shape index (κ2) is 7.41. The fourth-order valence-electron chi connectivity index (χ4n) is 0.481. The normalized spacial score (nSPS) is 6.80. The summed E-state index contributed by atoms with van der Waals surface area (Å²) in [4.78, 5) is 9.98. The molecule has 0 atom stereocenters. The fraction of sp³-hybridized carbons (Fsp3) is 0. The molecule has 0 amide bonds. The Kier molecular flexibility index (Phi) is 9.59. The van der Waals surface area contributed by atoms with Crippen LogP contribution in [0, 0.1) is 6.07 Å². The standard InChI is InChI=1S/C7H5O.BrH.Hg/c8-6-7-4-2-1-3-5-7;;/h1-4,6H;1H;/q;;+1/p-1. The summed E-state index contributed by atoms with van der Waals surface area (Å²) in [5.41, 5.74) is 0.604. The van der Waals surface area contributed by atoms with Crippen molar-refractivity contribution in [2.45, 2.75) is 0 Å². The van der Waals surface area contributed by atoms with Gasteiger partial charge in [0.1, 0.15) is 0 Å². The predicted molar refractivity (Wildman–Crippen MR) is 30.7 cm³/mol. The van der Waals surface area contributed by atoms with Gasteiger partial charge in [-0.1, -0.05) is 24.3 Å². The average molecular weight is 386 g/mol. The molecule has 10 heavy (non-hydrogen) atoms. The molecule has 1 rings (SSSR count). The Morgan fingerprint density at radius 1 is 1.40 bits per heavy atom. The molecule has 0 saturated carbocycles. The van der Waals surface area contributed by atoms with Gasteiger partial charge in [-0.2, -0.15) is 0 Å². The smallest absolute Gasteiger partial charge is 1.00 e. The summed E-state index contributed by atoms with van der Waals surface area (Å²) in [6.07, 6.45) is 0.778. The van der Waals surface area contributed by atoms with Crippen molar-refractivity contribution in [2.24, 2.45) is 0 Å². The van der Waals surface area contributed by atoms with Gasteiger partial charge in [-0.3, -0.25) is 4.79 Å². The topological polar surface area (TPSA) is 17.1 Å². The second-order valence-corrected chi connectivity index (χ2v) is 1.44. The van der Waals surface area contributed by atoms with Crippen LogP contribution in [-0.4, -0.2) is 6.29 Å². The monoisotopic (exact) mass is 386 g/mol. The zero-order valence-corrected chi connectivity index (χ0v) is 12.5. The van der Waals surface area contributed by atoms with Crippen LogP contribution in [-0.2, 0) is 27.7 Å². The van der Waals surface area contributed by atoms with E-state index < -0.39 is 0 Å². The number of carbonyl (C=O) groups is 1. The first kappa shape index (κ1) is 12.9. The van der Waals surface area contributed by atoms with E-state index in [0.717, 1.165) is 6.29 Å². The minimum absolute atomic E-state index is 0. The van der Waals surface area contributed by atoms with Gasteiger partial charge < -0.3 is 17.0 Å². The Morgan fingerprint density at radius 2 is 2.10 bits per heavy atom. The second-order valence-electron chi connectivity index (χ2n) is 1.44. The summed E-state index contributed by atoms with van der Waals surface area (Å²) < 4.78 is 0. The first-order valence-electron chi connectivity index (χ1n) is 2.35. The van der Waals surface area contributed by atoms with Gasteiger partial charge in [0.25, 0.3) is 0 Å². The molecule has 2 radical (unpaired) electrons. The number of benzene rings is 1. The van der Waals surface area contributed by atoms with E-state index in [2.05, 4.69) is 6.07 Å². The number of carbonyl (C=O) groups excluding carboxylic acids is 1.